The van der Waals surface area contributed by atoms with Crippen molar-refractivity contribution in [2.45, 2.75) is 77.5 Å². The van der Waals surface area contributed by atoms with Crippen LogP contribution in [0.3, 0.4) is 0 Å². The molecule has 4 N–H and O–H groups in total. The Morgan fingerprint density at radius 2 is 1.39 bits per heavy atom. The first-order valence-electron chi connectivity index (χ1n) is 19.5. The number of hydrogen-bond acceptors (Lipinski definition) is 8. The minimum atomic E-state index is -0.691. The highest BCUT2D eigenvalue weighted by molar-refractivity contribution is 6.00. The van der Waals surface area contributed by atoms with Crippen molar-refractivity contribution in [3.63, 3.8) is 0 Å². The molecule has 3 amide bonds. The maximum Gasteiger partial charge on any atom is 0.407 e. The van der Waals surface area contributed by atoms with Gasteiger partial charge in [0.15, 0.2) is 5.82 Å². The van der Waals surface area contributed by atoms with E-state index in [0.29, 0.717) is 18.9 Å². The number of nitrogens with one attached hydrogen (secondary N) is 4. The van der Waals surface area contributed by atoms with Crippen LogP contribution in [0.1, 0.15) is 77.1 Å². The summed E-state index contributed by atoms with van der Waals surface area (Å²) >= 11 is 0. The van der Waals surface area contributed by atoms with E-state index >= 15 is 0 Å². The monoisotopic (exact) mass is 764 g/mol. The summed E-state index contributed by atoms with van der Waals surface area (Å²) in [5.74, 6) is 1.22. The van der Waals surface area contributed by atoms with E-state index in [0.717, 1.165) is 75.6 Å². The molecule has 3 aromatic carbocycles. The van der Waals surface area contributed by atoms with Crippen molar-refractivity contribution in [1.29, 1.82) is 0 Å². The van der Waals surface area contributed by atoms with Crippen LogP contribution in [0, 0.1) is 17.0 Å². The Bertz CT molecular complexity index is 2230. The fourth-order valence-electron chi connectivity index (χ4n) is 8.32. The van der Waals surface area contributed by atoms with Gasteiger partial charge in [0.1, 0.15) is 17.9 Å². The van der Waals surface area contributed by atoms with Gasteiger partial charge in [0.05, 0.1) is 63.2 Å². The summed E-state index contributed by atoms with van der Waals surface area (Å²) < 4.78 is 9.14. The summed E-state index contributed by atoms with van der Waals surface area (Å²) in [6, 6.07) is 15.4. The smallest absolute Gasteiger partial charge is 0.407 e. The van der Waals surface area contributed by atoms with Crippen molar-refractivity contribution in [3.8, 4) is 22.5 Å². The summed E-state index contributed by atoms with van der Waals surface area (Å²) in [6.45, 7) is 9.10. The molecule has 0 bridgehead atoms. The van der Waals surface area contributed by atoms with Crippen molar-refractivity contribution >= 4 is 39.6 Å². The van der Waals surface area contributed by atoms with E-state index in [1.165, 1.54) is 14.2 Å². The van der Waals surface area contributed by atoms with Crippen LogP contribution in [0.4, 0.5) is 9.59 Å². The van der Waals surface area contributed by atoms with Crippen molar-refractivity contribution in [2.75, 3.05) is 33.9 Å². The largest absolute Gasteiger partial charge is 0.632 e. The number of likely N-dealkylation sites (tertiary alicyclic amines) is 2. The Morgan fingerprint density at radius 3 is 1.98 bits per heavy atom. The van der Waals surface area contributed by atoms with E-state index in [4.69, 9.17) is 19.4 Å². The molecule has 0 saturated carbocycles. The molecule has 14 nitrogen and oxygen atoms in total. The average Bonchev–Trinajstić information content (AvgIpc) is 4.02. The maximum atomic E-state index is 14.2. The number of hydrogen-bond donors (Lipinski definition) is 4. The number of fused-ring (bicyclic) bond motifs is 2. The van der Waals surface area contributed by atoms with Gasteiger partial charge in [0.25, 0.3) is 0 Å². The molecule has 0 radical (unpaired) electrons. The fourth-order valence-corrected chi connectivity index (χ4v) is 8.32. The number of quaternary nitrogens is 1. The second-order valence-electron chi connectivity index (χ2n) is 15.9. The third-order valence-corrected chi connectivity index (χ3v) is 11.5. The molecule has 4 heterocycles. The van der Waals surface area contributed by atoms with Crippen LogP contribution in [0.15, 0.2) is 60.9 Å². The van der Waals surface area contributed by atoms with Crippen LogP contribution >= 0.6 is 0 Å². The molecule has 14 heteroatoms. The highest BCUT2D eigenvalue weighted by Crippen LogP contribution is 2.39. The molecule has 56 heavy (non-hydrogen) atoms. The van der Waals surface area contributed by atoms with Gasteiger partial charge in [-0.2, -0.15) is 0 Å². The average molecular weight is 765 g/mol. The SMILES string of the molecule is COC(=O)N[C@H](C(=O)N1CCC[C@H]1c1ncc(-c2ccc3cc4cc(-c5cnc([C@@H]6CCC[N+]6([O-])C[C@@H](NC(=O)OC)C(C)C)[nH]5)ccc4cc3c2)[nH]1)C(C)C. The number of nitrogens with zero attached hydrogens (tertiary/aromatic N) is 4. The molecule has 2 saturated heterocycles. The zero-order valence-electron chi connectivity index (χ0n) is 32.9. The number of aromatic amines is 2. The standard InChI is InChI=1S/C42H52N8O6/c1-24(2)34(47-41(52)55-5)23-50(54)16-8-10-36(50)39-44-22-33(46-39)29-14-12-27-17-30-19-28(13-11-26(30)18-31(27)20-29)32-21-43-38(45-32)35-9-7-15-49(35)40(51)37(25(3)4)48-42(53)56-6/h11-14,17-22,24-25,34-37H,7-10,15-16,23H2,1-6H3,(H,43,45)(H,44,46)(H,47,52)(H,48,53)/t34-,35+,36+,37+,50?/m1/s1. The van der Waals surface area contributed by atoms with Crippen LogP contribution in [0.2, 0.25) is 0 Å². The lowest BCUT2D eigenvalue weighted by Gasteiger charge is -2.46. The first kappa shape index (κ1) is 38.8. The second kappa shape index (κ2) is 15.9. The second-order valence-corrected chi connectivity index (χ2v) is 15.9. The minimum Gasteiger partial charge on any atom is -0.632 e. The van der Waals surface area contributed by atoms with Crippen molar-refractivity contribution in [1.82, 2.24) is 35.5 Å². The molecule has 0 spiro atoms. The van der Waals surface area contributed by atoms with Gasteiger partial charge < -0.3 is 44.8 Å². The van der Waals surface area contributed by atoms with Crippen LogP contribution in [-0.2, 0) is 14.3 Å². The predicted octanol–water partition coefficient (Wildman–Crippen LogP) is 7.35. The Balaban J connectivity index is 1.08. The number of benzene rings is 3. The highest BCUT2D eigenvalue weighted by atomic mass is 16.6. The molecular weight excluding hydrogens is 713 g/mol. The zero-order valence-corrected chi connectivity index (χ0v) is 32.9. The van der Waals surface area contributed by atoms with Gasteiger partial charge in [-0.1, -0.05) is 52.0 Å². The number of H-pyrrole nitrogens is 2. The summed E-state index contributed by atoms with van der Waals surface area (Å²) in [4.78, 5) is 55.8. The molecule has 2 aliphatic heterocycles. The number of carbonyl (C=O) groups excluding carboxylic acids is 3. The number of imidazole rings is 2. The first-order valence-corrected chi connectivity index (χ1v) is 19.5. The van der Waals surface area contributed by atoms with E-state index in [2.05, 4.69) is 69.1 Å². The number of hydroxylamine groups is 3. The lowest BCUT2D eigenvalue weighted by molar-refractivity contribution is -0.900. The number of amides is 3. The lowest BCUT2D eigenvalue weighted by atomic mass is 9.99. The molecule has 1 unspecified atom stereocenters. The molecule has 2 aliphatic rings. The van der Waals surface area contributed by atoms with Crippen LogP contribution in [0.5, 0.6) is 0 Å². The van der Waals surface area contributed by atoms with Crippen LogP contribution in [-0.4, -0.2) is 93.5 Å². The summed E-state index contributed by atoms with van der Waals surface area (Å²) in [5, 5.41) is 24.1. The Kier molecular flexibility index (Phi) is 11.0. The summed E-state index contributed by atoms with van der Waals surface area (Å²) in [7, 11) is 2.62. The lowest BCUT2D eigenvalue weighted by Crippen LogP contribution is -2.53. The van der Waals surface area contributed by atoms with Crippen molar-refractivity contribution in [2.24, 2.45) is 11.8 Å². The van der Waals surface area contributed by atoms with Gasteiger partial charge in [-0.25, -0.2) is 19.6 Å². The maximum absolute atomic E-state index is 14.2. The normalized spacial score (nSPS) is 20.8. The molecule has 296 valence electrons. The molecule has 0 aliphatic carbocycles. The molecule has 2 fully saturated rings. The van der Waals surface area contributed by atoms with E-state index in [1.54, 1.807) is 6.20 Å². The molecule has 2 aromatic heterocycles. The fraction of sp³-hybridized carbons (Fsp3) is 0.452. The minimum absolute atomic E-state index is 0.0690. The highest BCUT2D eigenvalue weighted by Gasteiger charge is 2.41. The van der Waals surface area contributed by atoms with Gasteiger partial charge in [0.2, 0.25) is 5.91 Å². The third-order valence-electron chi connectivity index (χ3n) is 11.5. The predicted molar refractivity (Wildman–Crippen MR) is 214 cm³/mol. The number of rotatable bonds is 11. The van der Waals surface area contributed by atoms with Gasteiger partial charge in [-0.3, -0.25) is 4.79 Å². The summed E-state index contributed by atoms with van der Waals surface area (Å²) in [6.07, 6.45) is 5.61. The van der Waals surface area contributed by atoms with E-state index < -0.39 is 22.9 Å². The topological polar surface area (TPSA) is 177 Å². The van der Waals surface area contributed by atoms with E-state index in [9.17, 15) is 19.6 Å². The zero-order chi connectivity index (χ0) is 39.7. The molecule has 5 atom stereocenters. The number of ether oxygens (including phenoxy) is 2. The van der Waals surface area contributed by atoms with Gasteiger partial charge in [-0.15, -0.1) is 0 Å². The number of carbonyl (C=O) groups is 3. The molecular formula is C42H52N8O6. The van der Waals surface area contributed by atoms with E-state index in [-0.39, 0.29) is 42.4 Å². The Labute approximate surface area is 326 Å². The Morgan fingerprint density at radius 1 is 0.804 bits per heavy atom. The first-order chi connectivity index (χ1) is 26.9. The van der Waals surface area contributed by atoms with Crippen LogP contribution < -0.4 is 10.6 Å². The number of alkyl carbamates (subject to hydrolysis) is 2. The number of aromatic nitrogens is 4. The quantitative estimate of drug-likeness (QED) is 0.0613. The van der Waals surface area contributed by atoms with Crippen LogP contribution in [0.25, 0.3) is 44.1 Å². The number of methoxy groups -OCH3 is 2. The summed E-state index contributed by atoms with van der Waals surface area (Å²) in [5.41, 5.74) is 3.68. The van der Waals surface area contributed by atoms with Crippen molar-refractivity contribution in [3.05, 3.63) is 77.8 Å². The van der Waals surface area contributed by atoms with Gasteiger partial charge in [0, 0.05) is 30.5 Å². The molecule has 5 aromatic rings. The van der Waals surface area contributed by atoms with Crippen molar-refractivity contribution < 1.29 is 28.5 Å². The third kappa shape index (κ3) is 7.80. The Hall–Kier alpha value is -5.47. The van der Waals surface area contributed by atoms with Gasteiger partial charge in [-0.05, 0) is 70.5 Å². The molecule has 7 rings (SSSR count). The van der Waals surface area contributed by atoms with Gasteiger partial charge >= 0.3 is 12.2 Å². The van der Waals surface area contributed by atoms with E-state index in [1.807, 2.05) is 38.8 Å².